The summed E-state index contributed by atoms with van der Waals surface area (Å²) in [5, 5.41) is 2.72. The van der Waals surface area contributed by atoms with Crippen molar-refractivity contribution in [2.24, 2.45) is 0 Å². The van der Waals surface area contributed by atoms with Gasteiger partial charge in [-0.2, -0.15) is 0 Å². The number of aryl methyl sites for hydroxylation is 3. The fourth-order valence-electron chi connectivity index (χ4n) is 3.38. The molecule has 27 heavy (non-hydrogen) atoms. The van der Waals surface area contributed by atoms with Crippen molar-refractivity contribution in [3.8, 4) is 5.75 Å². The summed E-state index contributed by atoms with van der Waals surface area (Å²) in [6.45, 7) is 6.37. The summed E-state index contributed by atoms with van der Waals surface area (Å²) in [6.07, 6.45) is 3.45. The van der Waals surface area contributed by atoms with Gasteiger partial charge in [0.25, 0.3) is 0 Å². The van der Waals surface area contributed by atoms with Gasteiger partial charge in [0.1, 0.15) is 11.6 Å². The Morgan fingerprint density at radius 2 is 1.85 bits per heavy atom. The predicted octanol–water partition coefficient (Wildman–Crippen LogP) is 3.80. The molecular formula is C22H27N3O2. The maximum absolute atomic E-state index is 10.5. The Morgan fingerprint density at radius 3 is 2.63 bits per heavy atom. The lowest BCUT2D eigenvalue weighted by molar-refractivity contribution is -0.109. The van der Waals surface area contributed by atoms with Crippen molar-refractivity contribution < 1.29 is 9.53 Å². The molecule has 0 atom stereocenters. The van der Waals surface area contributed by atoms with Gasteiger partial charge in [-0.15, -0.1) is 0 Å². The Hall–Kier alpha value is -2.82. The largest absolute Gasteiger partial charge is 0.493 e. The first-order valence-electron chi connectivity index (χ1n) is 9.51. The summed E-state index contributed by atoms with van der Waals surface area (Å²) in [7, 11) is 0. The summed E-state index contributed by atoms with van der Waals surface area (Å²) in [5.74, 6) is 2.02. The van der Waals surface area contributed by atoms with Gasteiger partial charge in [-0.05, 0) is 49.9 Å². The number of benzene rings is 2. The van der Waals surface area contributed by atoms with Crippen molar-refractivity contribution in [1.29, 1.82) is 0 Å². The van der Waals surface area contributed by atoms with Gasteiger partial charge >= 0.3 is 0 Å². The van der Waals surface area contributed by atoms with Crippen LogP contribution in [-0.2, 0) is 17.8 Å². The van der Waals surface area contributed by atoms with Crippen LogP contribution in [0.1, 0.15) is 29.8 Å². The Morgan fingerprint density at radius 1 is 1.07 bits per heavy atom. The molecule has 1 N–H and O–H groups in total. The van der Waals surface area contributed by atoms with Crippen LogP contribution in [0.2, 0.25) is 0 Å². The van der Waals surface area contributed by atoms with Crippen LogP contribution in [0.5, 0.6) is 5.75 Å². The predicted molar refractivity (Wildman–Crippen MR) is 108 cm³/mol. The third-order valence-corrected chi connectivity index (χ3v) is 4.74. The minimum Gasteiger partial charge on any atom is -0.493 e. The second-order valence-electron chi connectivity index (χ2n) is 6.77. The average Bonchev–Trinajstić information content (AvgIpc) is 3.01. The molecule has 1 aromatic heterocycles. The van der Waals surface area contributed by atoms with Crippen LogP contribution in [-0.4, -0.2) is 29.1 Å². The van der Waals surface area contributed by atoms with Crippen molar-refractivity contribution in [3.63, 3.8) is 0 Å². The first-order valence-corrected chi connectivity index (χ1v) is 9.51. The molecule has 0 saturated carbocycles. The number of hydrogen-bond acceptors (Lipinski definition) is 3. The van der Waals surface area contributed by atoms with Crippen molar-refractivity contribution in [2.45, 2.75) is 39.7 Å². The second kappa shape index (κ2) is 9.21. The molecule has 2 aromatic carbocycles. The third-order valence-electron chi connectivity index (χ3n) is 4.74. The zero-order valence-corrected chi connectivity index (χ0v) is 16.1. The number of amides is 1. The Bertz CT molecular complexity index is 881. The summed E-state index contributed by atoms with van der Waals surface area (Å²) < 4.78 is 8.28. The molecule has 0 radical (unpaired) electrons. The van der Waals surface area contributed by atoms with Crippen LogP contribution in [0.15, 0.2) is 42.5 Å². The highest BCUT2D eigenvalue weighted by atomic mass is 16.5. The monoisotopic (exact) mass is 365 g/mol. The highest BCUT2D eigenvalue weighted by Crippen LogP contribution is 2.23. The fourth-order valence-corrected chi connectivity index (χ4v) is 3.38. The molecule has 5 heteroatoms. The van der Waals surface area contributed by atoms with Crippen LogP contribution in [0.3, 0.4) is 0 Å². The highest BCUT2D eigenvalue weighted by Gasteiger charge is 2.10. The lowest BCUT2D eigenvalue weighted by Gasteiger charge is -2.13. The number of hydrogen-bond donors (Lipinski definition) is 1. The number of carbonyl (C=O) groups is 1. The maximum Gasteiger partial charge on any atom is 0.207 e. The molecule has 1 heterocycles. The topological polar surface area (TPSA) is 56.1 Å². The lowest BCUT2D eigenvalue weighted by Crippen LogP contribution is -2.17. The van der Waals surface area contributed by atoms with Crippen LogP contribution < -0.4 is 10.1 Å². The molecule has 0 unspecified atom stereocenters. The summed E-state index contributed by atoms with van der Waals surface area (Å²) in [5.41, 5.74) is 4.51. The molecule has 0 aliphatic carbocycles. The average molecular weight is 365 g/mol. The van der Waals surface area contributed by atoms with E-state index < -0.39 is 0 Å². The van der Waals surface area contributed by atoms with Gasteiger partial charge in [0.2, 0.25) is 6.41 Å². The minimum absolute atomic E-state index is 0.600. The van der Waals surface area contributed by atoms with Gasteiger partial charge in [-0.25, -0.2) is 4.98 Å². The molecule has 0 aliphatic heterocycles. The fraction of sp³-hybridized carbons (Fsp3) is 0.364. The number of aromatic nitrogens is 2. The van der Waals surface area contributed by atoms with E-state index in [0.717, 1.165) is 54.8 Å². The SMILES string of the molecule is Cc1cccc(C)c1OCCCCn1c(CCNC=O)nc2ccccc21. The van der Waals surface area contributed by atoms with Gasteiger partial charge in [-0.3, -0.25) is 4.79 Å². The van der Waals surface area contributed by atoms with Gasteiger partial charge in [-0.1, -0.05) is 30.3 Å². The van der Waals surface area contributed by atoms with Crippen molar-refractivity contribution in [2.75, 3.05) is 13.2 Å². The van der Waals surface area contributed by atoms with E-state index in [0.29, 0.717) is 13.2 Å². The van der Waals surface area contributed by atoms with Crippen LogP contribution in [0, 0.1) is 13.8 Å². The molecule has 142 valence electrons. The standard InChI is InChI=1S/C22H27N3O2/c1-17-8-7-9-18(2)22(17)27-15-6-5-14-25-20-11-4-3-10-19(20)24-21(25)12-13-23-16-26/h3-4,7-11,16H,5-6,12-15H2,1-2H3,(H,23,26). The highest BCUT2D eigenvalue weighted by molar-refractivity contribution is 5.75. The second-order valence-corrected chi connectivity index (χ2v) is 6.77. The number of nitrogens with one attached hydrogen (secondary N) is 1. The number of unbranched alkanes of at least 4 members (excludes halogenated alkanes) is 1. The van der Waals surface area contributed by atoms with Gasteiger partial charge in [0.05, 0.1) is 17.6 Å². The number of ether oxygens (including phenoxy) is 1. The molecule has 0 saturated heterocycles. The number of fused-ring (bicyclic) bond motifs is 1. The van der Waals surface area contributed by atoms with Crippen LogP contribution >= 0.6 is 0 Å². The van der Waals surface area contributed by atoms with E-state index in [2.05, 4.69) is 48.0 Å². The van der Waals surface area contributed by atoms with Gasteiger partial charge in [0.15, 0.2) is 0 Å². The summed E-state index contributed by atoms with van der Waals surface area (Å²) >= 11 is 0. The van der Waals surface area contributed by atoms with E-state index in [-0.39, 0.29) is 0 Å². The molecule has 1 amide bonds. The van der Waals surface area contributed by atoms with Crippen molar-refractivity contribution >= 4 is 17.4 Å². The molecule has 0 bridgehead atoms. The van der Waals surface area contributed by atoms with E-state index >= 15 is 0 Å². The zero-order chi connectivity index (χ0) is 19.1. The first-order chi connectivity index (χ1) is 13.2. The van der Waals surface area contributed by atoms with Crippen molar-refractivity contribution in [1.82, 2.24) is 14.9 Å². The van der Waals surface area contributed by atoms with Gasteiger partial charge in [0, 0.05) is 19.5 Å². The minimum atomic E-state index is 0.600. The summed E-state index contributed by atoms with van der Waals surface area (Å²) in [6, 6.07) is 14.4. The van der Waals surface area contributed by atoms with E-state index in [1.807, 2.05) is 18.2 Å². The first kappa shape index (κ1) is 19.0. The molecular weight excluding hydrogens is 338 g/mol. The number of imidazole rings is 1. The van der Waals surface area contributed by atoms with E-state index in [1.54, 1.807) is 0 Å². The lowest BCUT2D eigenvalue weighted by atomic mass is 10.1. The number of carbonyl (C=O) groups excluding carboxylic acids is 1. The smallest absolute Gasteiger partial charge is 0.207 e. The summed E-state index contributed by atoms with van der Waals surface area (Å²) in [4.78, 5) is 15.2. The molecule has 3 aromatic rings. The zero-order valence-electron chi connectivity index (χ0n) is 16.1. The van der Waals surface area contributed by atoms with Gasteiger partial charge < -0.3 is 14.6 Å². The van der Waals surface area contributed by atoms with Crippen molar-refractivity contribution in [3.05, 3.63) is 59.4 Å². The molecule has 3 rings (SSSR count). The number of nitrogens with zero attached hydrogens (tertiary/aromatic N) is 2. The number of para-hydroxylation sites is 3. The Balaban J connectivity index is 1.59. The quantitative estimate of drug-likeness (QED) is 0.439. The molecule has 0 fully saturated rings. The third kappa shape index (κ3) is 4.67. The van der Waals surface area contributed by atoms with Crippen LogP contribution in [0.4, 0.5) is 0 Å². The number of rotatable bonds is 10. The molecule has 0 spiro atoms. The maximum atomic E-state index is 10.5. The molecule has 0 aliphatic rings. The van der Waals surface area contributed by atoms with Crippen LogP contribution in [0.25, 0.3) is 11.0 Å². The van der Waals surface area contributed by atoms with E-state index in [1.165, 1.54) is 11.1 Å². The van der Waals surface area contributed by atoms with E-state index in [9.17, 15) is 4.79 Å². The Kier molecular flexibility index (Phi) is 6.47. The normalized spacial score (nSPS) is 10.9. The Labute approximate surface area is 160 Å². The van der Waals surface area contributed by atoms with E-state index in [4.69, 9.17) is 9.72 Å². The molecule has 5 nitrogen and oxygen atoms in total.